The molecule has 0 saturated heterocycles. The molecule has 0 fully saturated rings. The van der Waals surface area contributed by atoms with Gasteiger partial charge in [0.2, 0.25) is 10.0 Å². The highest BCUT2D eigenvalue weighted by Crippen LogP contribution is 2.16. The number of nitrogens with two attached hydrogens (primary N) is 1. The molecule has 1 aromatic rings. The van der Waals surface area contributed by atoms with Crippen LogP contribution in [0.5, 0.6) is 0 Å². The van der Waals surface area contributed by atoms with Gasteiger partial charge in [-0.3, -0.25) is 0 Å². The van der Waals surface area contributed by atoms with Crippen LogP contribution >= 0.6 is 0 Å². The van der Waals surface area contributed by atoms with E-state index in [1.165, 1.54) is 6.07 Å². The summed E-state index contributed by atoms with van der Waals surface area (Å²) in [6.07, 6.45) is -0.153. The number of hydrogen-bond donors (Lipinski definition) is 2. The Morgan fingerprint density at radius 3 is 2.67 bits per heavy atom. The zero-order valence-electron chi connectivity index (χ0n) is 10.9. The van der Waals surface area contributed by atoms with Crippen molar-refractivity contribution in [2.45, 2.75) is 31.8 Å². The van der Waals surface area contributed by atoms with Crippen molar-refractivity contribution in [1.82, 2.24) is 4.72 Å². The minimum Gasteiger partial charge on any atom is -0.399 e. The monoisotopic (exact) mass is 272 g/mol. The zero-order chi connectivity index (χ0) is 13.8. The maximum atomic E-state index is 12.0. The molecule has 18 heavy (non-hydrogen) atoms. The predicted octanol–water partition coefficient (Wildman–Crippen LogP) is 1.28. The van der Waals surface area contributed by atoms with Gasteiger partial charge >= 0.3 is 0 Å². The summed E-state index contributed by atoms with van der Waals surface area (Å²) < 4.78 is 31.8. The number of aryl methyl sites for hydroxylation is 1. The summed E-state index contributed by atoms with van der Waals surface area (Å²) in [5.41, 5.74) is 6.98. The first-order valence-corrected chi connectivity index (χ1v) is 7.32. The second-order valence-electron chi connectivity index (χ2n) is 4.14. The van der Waals surface area contributed by atoms with Crippen molar-refractivity contribution in [3.8, 4) is 0 Å². The van der Waals surface area contributed by atoms with Crippen LogP contribution < -0.4 is 10.5 Å². The van der Waals surface area contributed by atoms with Crippen LogP contribution in [0.25, 0.3) is 0 Å². The fourth-order valence-corrected chi connectivity index (χ4v) is 2.67. The third-order valence-electron chi connectivity index (χ3n) is 2.56. The minimum absolute atomic E-state index is 0.153. The van der Waals surface area contributed by atoms with Gasteiger partial charge in [-0.05, 0) is 44.5 Å². The minimum atomic E-state index is -3.50. The standard InChI is InChI=1S/C12H20N2O3S/c1-4-17-10(3)8-14-18(15,16)11-5-6-12(13)9(2)7-11/h5-7,10,14H,4,8,13H2,1-3H3. The van der Waals surface area contributed by atoms with Crippen molar-refractivity contribution in [2.24, 2.45) is 0 Å². The summed E-state index contributed by atoms with van der Waals surface area (Å²) in [6, 6.07) is 4.65. The van der Waals surface area contributed by atoms with E-state index in [1.54, 1.807) is 19.1 Å². The normalized spacial score (nSPS) is 13.5. The van der Waals surface area contributed by atoms with Crippen molar-refractivity contribution >= 4 is 15.7 Å². The van der Waals surface area contributed by atoms with Crippen molar-refractivity contribution in [2.75, 3.05) is 18.9 Å². The van der Waals surface area contributed by atoms with E-state index < -0.39 is 10.0 Å². The maximum Gasteiger partial charge on any atom is 0.240 e. The molecule has 0 aliphatic heterocycles. The molecule has 0 heterocycles. The van der Waals surface area contributed by atoms with Gasteiger partial charge < -0.3 is 10.5 Å². The first kappa shape index (κ1) is 14.9. The largest absolute Gasteiger partial charge is 0.399 e. The van der Waals surface area contributed by atoms with Gasteiger partial charge in [0.1, 0.15) is 0 Å². The van der Waals surface area contributed by atoms with E-state index in [1.807, 2.05) is 13.8 Å². The maximum absolute atomic E-state index is 12.0. The Morgan fingerprint density at radius 2 is 2.11 bits per heavy atom. The van der Waals surface area contributed by atoms with Crippen molar-refractivity contribution in [3.63, 3.8) is 0 Å². The van der Waals surface area contributed by atoms with E-state index in [4.69, 9.17) is 10.5 Å². The summed E-state index contributed by atoms with van der Waals surface area (Å²) in [7, 11) is -3.50. The molecule has 102 valence electrons. The van der Waals surface area contributed by atoms with Gasteiger partial charge in [0, 0.05) is 18.8 Å². The smallest absolute Gasteiger partial charge is 0.240 e. The van der Waals surface area contributed by atoms with Crippen LogP contribution in [0.1, 0.15) is 19.4 Å². The lowest BCUT2D eigenvalue weighted by atomic mass is 10.2. The van der Waals surface area contributed by atoms with Crippen LogP contribution in [0, 0.1) is 6.92 Å². The van der Waals surface area contributed by atoms with E-state index >= 15 is 0 Å². The SMILES string of the molecule is CCOC(C)CNS(=O)(=O)c1ccc(N)c(C)c1. The lowest BCUT2D eigenvalue weighted by Crippen LogP contribution is -2.32. The van der Waals surface area contributed by atoms with Crippen LogP contribution in [-0.4, -0.2) is 27.7 Å². The molecule has 0 radical (unpaired) electrons. The van der Waals surface area contributed by atoms with Crippen LogP contribution in [0.2, 0.25) is 0 Å². The van der Waals surface area contributed by atoms with Crippen molar-refractivity contribution < 1.29 is 13.2 Å². The fourth-order valence-electron chi connectivity index (χ4n) is 1.47. The number of rotatable bonds is 6. The summed E-state index contributed by atoms with van der Waals surface area (Å²) in [4.78, 5) is 0.220. The Bertz CT molecular complexity index is 500. The summed E-state index contributed by atoms with van der Waals surface area (Å²) in [5, 5.41) is 0. The predicted molar refractivity (Wildman–Crippen MR) is 71.9 cm³/mol. The van der Waals surface area contributed by atoms with E-state index in [0.29, 0.717) is 12.3 Å². The van der Waals surface area contributed by atoms with Crippen molar-refractivity contribution in [3.05, 3.63) is 23.8 Å². The number of nitrogens with one attached hydrogen (secondary N) is 1. The van der Waals surface area contributed by atoms with E-state index in [9.17, 15) is 8.42 Å². The Kier molecular flexibility index (Phi) is 5.13. The molecule has 6 heteroatoms. The summed E-state index contributed by atoms with van der Waals surface area (Å²) in [6.45, 7) is 6.27. The average Bonchev–Trinajstić information content (AvgIpc) is 2.30. The fraction of sp³-hybridized carbons (Fsp3) is 0.500. The molecular weight excluding hydrogens is 252 g/mol. The molecule has 0 aliphatic rings. The van der Waals surface area contributed by atoms with Gasteiger partial charge in [0.15, 0.2) is 0 Å². The zero-order valence-corrected chi connectivity index (χ0v) is 11.8. The highest BCUT2D eigenvalue weighted by Gasteiger charge is 2.15. The molecule has 1 unspecified atom stereocenters. The second kappa shape index (κ2) is 6.17. The number of benzene rings is 1. The molecule has 0 saturated carbocycles. The topological polar surface area (TPSA) is 81.4 Å². The Morgan fingerprint density at radius 1 is 1.44 bits per heavy atom. The first-order valence-electron chi connectivity index (χ1n) is 5.84. The van der Waals surface area contributed by atoms with Gasteiger partial charge in [-0.15, -0.1) is 0 Å². The molecule has 0 aromatic heterocycles. The van der Waals surface area contributed by atoms with Crippen LogP contribution in [-0.2, 0) is 14.8 Å². The molecule has 5 nitrogen and oxygen atoms in total. The van der Waals surface area contributed by atoms with E-state index in [0.717, 1.165) is 5.56 Å². The van der Waals surface area contributed by atoms with Crippen LogP contribution in [0.3, 0.4) is 0 Å². The number of sulfonamides is 1. The molecule has 0 spiro atoms. The number of hydrogen-bond acceptors (Lipinski definition) is 4. The third-order valence-corrected chi connectivity index (χ3v) is 3.98. The quantitative estimate of drug-likeness (QED) is 0.764. The highest BCUT2D eigenvalue weighted by atomic mass is 32.2. The Balaban J connectivity index is 2.77. The number of nitrogen functional groups attached to an aromatic ring is 1. The lowest BCUT2D eigenvalue weighted by Gasteiger charge is -2.13. The molecular formula is C12H20N2O3S. The molecule has 1 rings (SSSR count). The van der Waals surface area contributed by atoms with Crippen LogP contribution in [0.4, 0.5) is 5.69 Å². The number of ether oxygens (including phenoxy) is 1. The number of anilines is 1. The van der Waals surface area contributed by atoms with Gasteiger partial charge in [0.25, 0.3) is 0 Å². The Hall–Kier alpha value is -1.11. The molecule has 3 N–H and O–H groups in total. The molecule has 1 aromatic carbocycles. The van der Waals surface area contributed by atoms with Crippen LogP contribution in [0.15, 0.2) is 23.1 Å². The molecule has 0 amide bonds. The molecule has 0 aliphatic carbocycles. The van der Waals surface area contributed by atoms with Gasteiger partial charge in [-0.25, -0.2) is 13.1 Å². The summed E-state index contributed by atoms with van der Waals surface area (Å²) >= 11 is 0. The van der Waals surface area contributed by atoms with Gasteiger partial charge in [-0.2, -0.15) is 0 Å². The third kappa shape index (κ3) is 3.97. The lowest BCUT2D eigenvalue weighted by molar-refractivity contribution is 0.0799. The highest BCUT2D eigenvalue weighted by molar-refractivity contribution is 7.89. The van der Waals surface area contributed by atoms with E-state index in [2.05, 4.69) is 4.72 Å². The van der Waals surface area contributed by atoms with Gasteiger partial charge in [-0.1, -0.05) is 0 Å². The first-order chi connectivity index (χ1) is 8.36. The Labute approximate surface area is 108 Å². The van der Waals surface area contributed by atoms with Crippen molar-refractivity contribution in [1.29, 1.82) is 0 Å². The second-order valence-corrected chi connectivity index (χ2v) is 5.90. The molecule has 0 bridgehead atoms. The summed E-state index contributed by atoms with van der Waals surface area (Å²) in [5.74, 6) is 0. The van der Waals surface area contributed by atoms with Gasteiger partial charge in [0.05, 0.1) is 11.0 Å². The van der Waals surface area contributed by atoms with E-state index in [-0.39, 0.29) is 17.5 Å². The molecule has 1 atom stereocenters. The average molecular weight is 272 g/mol.